The van der Waals surface area contributed by atoms with Crippen LogP contribution in [0.5, 0.6) is 0 Å². The van der Waals surface area contributed by atoms with Crippen LogP contribution in [0.1, 0.15) is 26.2 Å². The van der Waals surface area contributed by atoms with Gasteiger partial charge in [-0.2, -0.15) is 0 Å². The van der Waals surface area contributed by atoms with E-state index in [9.17, 15) is 0 Å². The van der Waals surface area contributed by atoms with Crippen LogP contribution in [0, 0.1) is 11.8 Å². The van der Waals surface area contributed by atoms with Gasteiger partial charge in [-0.15, -0.1) is 5.92 Å². The number of hydrogen-bond acceptors (Lipinski definition) is 1. The molecule has 1 N–H and O–H groups in total. The SMILES string of the molecule is CCCCC#CCO. The smallest absolute Gasteiger partial charge is 0.104 e. The number of rotatable bonds is 2. The fourth-order valence-electron chi connectivity index (χ4n) is 0.409. The van der Waals surface area contributed by atoms with Gasteiger partial charge in [0.15, 0.2) is 0 Å². The van der Waals surface area contributed by atoms with Crippen molar-refractivity contribution in [3.63, 3.8) is 0 Å². The monoisotopic (exact) mass is 112 g/mol. The summed E-state index contributed by atoms with van der Waals surface area (Å²) in [4.78, 5) is 0. The highest BCUT2D eigenvalue weighted by atomic mass is 16.2. The lowest BCUT2D eigenvalue weighted by Crippen LogP contribution is -1.72. The molecule has 0 aromatic rings. The van der Waals surface area contributed by atoms with Gasteiger partial charge in [0.2, 0.25) is 0 Å². The predicted octanol–water partition coefficient (Wildman–Crippen LogP) is 1.17. The molecule has 46 valence electrons. The van der Waals surface area contributed by atoms with E-state index in [0.717, 1.165) is 12.8 Å². The lowest BCUT2D eigenvalue weighted by molar-refractivity contribution is 0.350. The normalized spacial score (nSPS) is 7.75. The van der Waals surface area contributed by atoms with E-state index >= 15 is 0 Å². The van der Waals surface area contributed by atoms with E-state index < -0.39 is 0 Å². The summed E-state index contributed by atoms with van der Waals surface area (Å²) in [5.74, 6) is 5.42. The van der Waals surface area contributed by atoms with Gasteiger partial charge in [0.25, 0.3) is 0 Å². The third-order valence-electron chi connectivity index (χ3n) is 0.859. The second-order valence-electron chi connectivity index (χ2n) is 1.62. The van der Waals surface area contributed by atoms with Gasteiger partial charge in [0, 0.05) is 6.42 Å². The molecule has 0 atom stereocenters. The zero-order chi connectivity index (χ0) is 6.24. The second-order valence-corrected chi connectivity index (χ2v) is 1.62. The van der Waals surface area contributed by atoms with Gasteiger partial charge < -0.3 is 5.11 Å². The summed E-state index contributed by atoms with van der Waals surface area (Å²) in [6.07, 6.45) is 3.25. The summed E-state index contributed by atoms with van der Waals surface area (Å²) in [6, 6.07) is 0. The third kappa shape index (κ3) is 5.52. The quantitative estimate of drug-likeness (QED) is 0.420. The molecule has 0 rings (SSSR count). The average Bonchev–Trinajstić information content (AvgIpc) is 1.81. The Morgan fingerprint density at radius 3 is 2.62 bits per heavy atom. The van der Waals surface area contributed by atoms with Crippen molar-refractivity contribution in [1.82, 2.24) is 0 Å². The first kappa shape index (κ1) is 7.52. The Kier molecular flexibility index (Phi) is 6.13. The Bertz CT molecular complexity index is 86.3. The molecule has 0 aromatic carbocycles. The highest BCUT2D eigenvalue weighted by Crippen LogP contribution is 1.89. The van der Waals surface area contributed by atoms with Gasteiger partial charge in [-0.05, 0) is 6.42 Å². The van der Waals surface area contributed by atoms with Crippen molar-refractivity contribution in [1.29, 1.82) is 0 Å². The van der Waals surface area contributed by atoms with E-state index in [1.807, 2.05) is 0 Å². The van der Waals surface area contributed by atoms with Gasteiger partial charge in [-0.1, -0.05) is 19.3 Å². The molecule has 0 heterocycles. The van der Waals surface area contributed by atoms with Gasteiger partial charge in [-0.3, -0.25) is 0 Å². The lowest BCUT2D eigenvalue weighted by atomic mass is 10.2. The maximum Gasteiger partial charge on any atom is 0.104 e. The second kappa shape index (κ2) is 6.52. The zero-order valence-corrected chi connectivity index (χ0v) is 5.28. The highest BCUT2D eigenvalue weighted by molar-refractivity contribution is 4.97. The fourth-order valence-corrected chi connectivity index (χ4v) is 0.409. The van der Waals surface area contributed by atoms with Crippen LogP contribution in [0.3, 0.4) is 0 Å². The van der Waals surface area contributed by atoms with Crippen molar-refractivity contribution >= 4 is 0 Å². The summed E-state index contributed by atoms with van der Waals surface area (Å²) in [6.45, 7) is 2.13. The summed E-state index contributed by atoms with van der Waals surface area (Å²) >= 11 is 0. The molecule has 0 radical (unpaired) electrons. The predicted molar refractivity (Wildman–Crippen MR) is 34.4 cm³/mol. The summed E-state index contributed by atoms with van der Waals surface area (Å²) in [7, 11) is 0. The molecule has 0 aliphatic carbocycles. The van der Waals surface area contributed by atoms with E-state index in [0.29, 0.717) is 0 Å². The standard InChI is InChI=1S/C7H12O/c1-2-3-4-5-6-7-8/h8H,2-4,7H2,1H3. The van der Waals surface area contributed by atoms with Gasteiger partial charge in [0.1, 0.15) is 6.61 Å². The molecule has 0 saturated carbocycles. The number of hydrogen-bond donors (Lipinski definition) is 1. The van der Waals surface area contributed by atoms with Crippen LogP contribution in [0.15, 0.2) is 0 Å². The summed E-state index contributed by atoms with van der Waals surface area (Å²) < 4.78 is 0. The first-order valence-corrected chi connectivity index (χ1v) is 2.98. The van der Waals surface area contributed by atoms with Crippen LogP contribution >= 0.6 is 0 Å². The van der Waals surface area contributed by atoms with E-state index in [4.69, 9.17) is 5.11 Å². The minimum absolute atomic E-state index is 0.00368. The summed E-state index contributed by atoms with van der Waals surface area (Å²) in [5.41, 5.74) is 0. The van der Waals surface area contributed by atoms with Crippen molar-refractivity contribution < 1.29 is 5.11 Å². The van der Waals surface area contributed by atoms with Crippen LogP contribution < -0.4 is 0 Å². The Balaban J connectivity index is 2.90. The van der Waals surface area contributed by atoms with Crippen LogP contribution in [0.25, 0.3) is 0 Å². The van der Waals surface area contributed by atoms with Crippen LogP contribution in [0.4, 0.5) is 0 Å². The Hall–Kier alpha value is -0.480. The molecule has 1 heteroatoms. The molecule has 0 aliphatic rings. The summed E-state index contributed by atoms with van der Waals surface area (Å²) in [5, 5.41) is 8.19. The van der Waals surface area contributed by atoms with Crippen LogP contribution in [0.2, 0.25) is 0 Å². The van der Waals surface area contributed by atoms with Crippen molar-refractivity contribution in [2.45, 2.75) is 26.2 Å². The van der Waals surface area contributed by atoms with Crippen molar-refractivity contribution in [3.05, 3.63) is 0 Å². The number of unbranched alkanes of at least 4 members (excludes halogenated alkanes) is 2. The van der Waals surface area contributed by atoms with Crippen molar-refractivity contribution in [2.24, 2.45) is 0 Å². The molecular weight excluding hydrogens is 100 g/mol. The molecule has 0 bridgehead atoms. The molecule has 1 nitrogen and oxygen atoms in total. The Morgan fingerprint density at radius 2 is 2.12 bits per heavy atom. The first-order chi connectivity index (χ1) is 3.91. The van der Waals surface area contributed by atoms with E-state index in [1.54, 1.807) is 0 Å². The average molecular weight is 112 g/mol. The molecule has 0 spiro atoms. The third-order valence-corrected chi connectivity index (χ3v) is 0.859. The van der Waals surface area contributed by atoms with E-state index in [-0.39, 0.29) is 6.61 Å². The van der Waals surface area contributed by atoms with Crippen molar-refractivity contribution in [3.8, 4) is 11.8 Å². The number of aliphatic hydroxyl groups is 1. The van der Waals surface area contributed by atoms with Crippen molar-refractivity contribution in [2.75, 3.05) is 6.61 Å². The fraction of sp³-hybridized carbons (Fsp3) is 0.714. The van der Waals surface area contributed by atoms with Crippen LogP contribution in [-0.2, 0) is 0 Å². The van der Waals surface area contributed by atoms with E-state index in [1.165, 1.54) is 6.42 Å². The molecule has 0 fully saturated rings. The maximum absolute atomic E-state index is 8.19. The minimum atomic E-state index is 0.00368. The zero-order valence-electron chi connectivity index (χ0n) is 5.28. The molecular formula is C7H12O. The number of aliphatic hydroxyl groups excluding tert-OH is 1. The Morgan fingerprint density at radius 1 is 1.38 bits per heavy atom. The Labute approximate surface area is 50.7 Å². The molecule has 0 saturated heterocycles. The molecule has 8 heavy (non-hydrogen) atoms. The van der Waals surface area contributed by atoms with Gasteiger partial charge >= 0.3 is 0 Å². The molecule has 0 unspecified atom stereocenters. The lowest BCUT2D eigenvalue weighted by Gasteiger charge is -1.81. The largest absolute Gasteiger partial charge is 0.384 e. The minimum Gasteiger partial charge on any atom is -0.384 e. The van der Waals surface area contributed by atoms with Gasteiger partial charge in [0.05, 0.1) is 0 Å². The molecule has 0 aromatic heterocycles. The molecule has 0 amide bonds. The van der Waals surface area contributed by atoms with Crippen LogP contribution in [-0.4, -0.2) is 11.7 Å². The topological polar surface area (TPSA) is 20.2 Å². The van der Waals surface area contributed by atoms with Gasteiger partial charge in [-0.25, -0.2) is 0 Å². The van der Waals surface area contributed by atoms with E-state index in [2.05, 4.69) is 18.8 Å². The first-order valence-electron chi connectivity index (χ1n) is 2.98. The maximum atomic E-state index is 8.19. The highest BCUT2D eigenvalue weighted by Gasteiger charge is 1.73. The molecule has 0 aliphatic heterocycles.